The van der Waals surface area contributed by atoms with E-state index in [9.17, 15) is 4.79 Å². The van der Waals surface area contributed by atoms with Gasteiger partial charge in [0.1, 0.15) is 0 Å². The van der Waals surface area contributed by atoms with Crippen LogP contribution in [0.25, 0.3) is 0 Å². The number of rotatable bonds is 5. The third-order valence-corrected chi connectivity index (χ3v) is 6.24. The average molecular weight is 394 g/mol. The van der Waals surface area contributed by atoms with E-state index in [0.717, 1.165) is 62.0 Å². The second-order valence-corrected chi connectivity index (χ2v) is 8.68. The molecule has 1 aromatic heterocycles. The molecule has 0 unspecified atom stereocenters. The van der Waals surface area contributed by atoms with Gasteiger partial charge in [0.15, 0.2) is 0 Å². The fraction of sp³-hybridized carbons (Fsp3) is 0.500. The second-order valence-electron chi connectivity index (χ2n) is 8.68. The van der Waals surface area contributed by atoms with E-state index < -0.39 is 0 Å². The van der Waals surface area contributed by atoms with E-state index in [-0.39, 0.29) is 17.6 Å². The van der Waals surface area contributed by atoms with Crippen molar-refractivity contribution in [1.29, 1.82) is 0 Å². The monoisotopic (exact) mass is 393 g/mol. The van der Waals surface area contributed by atoms with Crippen LogP contribution >= 0.6 is 0 Å². The van der Waals surface area contributed by atoms with Crippen LogP contribution in [0.3, 0.4) is 0 Å². The van der Waals surface area contributed by atoms with Gasteiger partial charge in [-0.05, 0) is 69.4 Å². The zero-order chi connectivity index (χ0) is 20.3. The first-order chi connectivity index (χ1) is 14.0. The molecule has 1 aromatic carbocycles. The summed E-state index contributed by atoms with van der Waals surface area (Å²) in [6.07, 6.45) is 8.10. The van der Waals surface area contributed by atoms with Crippen molar-refractivity contribution in [2.24, 2.45) is 0 Å². The van der Waals surface area contributed by atoms with Crippen LogP contribution < -0.4 is 5.32 Å². The first kappa shape index (κ1) is 20.0. The van der Waals surface area contributed by atoms with E-state index in [0.29, 0.717) is 6.54 Å². The van der Waals surface area contributed by atoms with Crippen LogP contribution in [0.2, 0.25) is 0 Å². The number of piperidine rings is 1. The van der Waals surface area contributed by atoms with Gasteiger partial charge in [0, 0.05) is 44.1 Å². The fourth-order valence-electron chi connectivity index (χ4n) is 4.69. The highest BCUT2D eigenvalue weighted by Gasteiger charge is 2.42. The van der Waals surface area contributed by atoms with E-state index >= 15 is 0 Å². The lowest BCUT2D eigenvalue weighted by atomic mass is 9.88. The van der Waals surface area contributed by atoms with Crippen molar-refractivity contribution in [2.75, 3.05) is 19.6 Å². The predicted octanol–water partition coefficient (Wildman–Crippen LogP) is 3.64. The number of pyridine rings is 1. The van der Waals surface area contributed by atoms with Gasteiger partial charge in [-0.25, -0.2) is 0 Å². The standard InChI is InChI=1S/C24H31N3O2/c1-18-13-19(2)15-21(14-18)23(28)26-16-22-3-6-24(29-22)7-11-27(12-8-24)17-20-4-9-25-10-5-20/h4-5,9-10,13-15,22H,3,6-8,11-12,16-17H2,1-2H3,(H,26,28)/t22-/m1/s1. The van der Waals surface area contributed by atoms with Crippen molar-refractivity contribution in [3.63, 3.8) is 0 Å². The molecule has 0 radical (unpaired) electrons. The molecular weight excluding hydrogens is 362 g/mol. The molecule has 2 saturated heterocycles. The summed E-state index contributed by atoms with van der Waals surface area (Å²) in [4.78, 5) is 19.1. The van der Waals surface area contributed by atoms with Crippen LogP contribution in [0, 0.1) is 13.8 Å². The highest BCUT2D eigenvalue weighted by molar-refractivity contribution is 5.94. The Morgan fingerprint density at radius 3 is 2.52 bits per heavy atom. The maximum atomic E-state index is 12.5. The lowest BCUT2D eigenvalue weighted by Gasteiger charge is -2.39. The summed E-state index contributed by atoms with van der Waals surface area (Å²) < 4.78 is 6.47. The SMILES string of the molecule is Cc1cc(C)cc(C(=O)NC[C@H]2CCC3(CCN(Cc4ccncc4)CC3)O2)c1. The number of ether oxygens (including phenoxy) is 1. The molecule has 29 heavy (non-hydrogen) atoms. The Hall–Kier alpha value is -2.24. The minimum atomic E-state index is -0.00600. The number of aryl methyl sites for hydroxylation is 2. The van der Waals surface area contributed by atoms with Gasteiger partial charge in [-0.1, -0.05) is 17.2 Å². The van der Waals surface area contributed by atoms with Crippen LogP contribution in [0.15, 0.2) is 42.7 Å². The van der Waals surface area contributed by atoms with E-state index in [1.807, 2.05) is 38.4 Å². The van der Waals surface area contributed by atoms with Crippen molar-refractivity contribution >= 4 is 5.91 Å². The molecule has 1 N–H and O–H groups in total. The van der Waals surface area contributed by atoms with Gasteiger partial charge in [0.25, 0.3) is 5.91 Å². The maximum Gasteiger partial charge on any atom is 0.251 e. The average Bonchev–Trinajstić information content (AvgIpc) is 3.11. The second kappa shape index (κ2) is 8.64. The lowest BCUT2D eigenvalue weighted by Crippen LogP contribution is -2.44. The van der Waals surface area contributed by atoms with E-state index in [1.165, 1.54) is 5.56 Å². The van der Waals surface area contributed by atoms with Gasteiger partial charge < -0.3 is 10.1 Å². The zero-order valence-corrected chi connectivity index (χ0v) is 17.5. The van der Waals surface area contributed by atoms with Gasteiger partial charge in [-0.3, -0.25) is 14.7 Å². The van der Waals surface area contributed by atoms with Crippen molar-refractivity contribution < 1.29 is 9.53 Å². The summed E-state index contributed by atoms with van der Waals surface area (Å²) in [5, 5.41) is 3.08. The Morgan fingerprint density at radius 2 is 1.83 bits per heavy atom. The Labute approximate surface area is 173 Å². The van der Waals surface area contributed by atoms with Crippen molar-refractivity contribution in [2.45, 2.75) is 57.8 Å². The number of nitrogens with zero attached hydrogens (tertiary/aromatic N) is 2. The largest absolute Gasteiger partial charge is 0.370 e. The Kier molecular flexibility index (Phi) is 5.97. The summed E-state index contributed by atoms with van der Waals surface area (Å²) in [7, 11) is 0. The number of hydrogen-bond acceptors (Lipinski definition) is 4. The Morgan fingerprint density at radius 1 is 1.14 bits per heavy atom. The van der Waals surface area contributed by atoms with Crippen LogP contribution in [0.1, 0.15) is 52.7 Å². The summed E-state index contributed by atoms with van der Waals surface area (Å²) in [5.41, 5.74) is 4.29. The molecule has 2 aromatic rings. The van der Waals surface area contributed by atoms with Gasteiger partial charge >= 0.3 is 0 Å². The van der Waals surface area contributed by atoms with Gasteiger partial charge in [-0.15, -0.1) is 0 Å². The van der Waals surface area contributed by atoms with Gasteiger partial charge in [0.05, 0.1) is 11.7 Å². The molecule has 2 aliphatic rings. The molecule has 2 fully saturated rings. The fourth-order valence-corrected chi connectivity index (χ4v) is 4.69. The van der Waals surface area contributed by atoms with E-state index in [4.69, 9.17) is 4.74 Å². The molecule has 5 nitrogen and oxygen atoms in total. The summed E-state index contributed by atoms with van der Waals surface area (Å²) >= 11 is 0. The normalized spacial score (nSPS) is 21.4. The molecule has 0 aliphatic carbocycles. The Bertz CT molecular complexity index is 824. The molecule has 0 bridgehead atoms. The number of likely N-dealkylation sites (tertiary alicyclic amines) is 1. The molecule has 4 rings (SSSR count). The minimum Gasteiger partial charge on any atom is -0.370 e. The topological polar surface area (TPSA) is 54.5 Å². The molecule has 1 atom stereocenters. The number of nitrogens with one attached hydrogen (secondary N) is 1. The molecule has 1 spiro atoms. The predicted molar refractivity (Wildman–Crippen MR) is 114 cm³/mol. The molecular formula is C24H31N3O2. The highest BCUT2D eigenvalue weighted by atomic mass is 16.5. The van der Waals surface area contributed by atoms with E-state index in [2.05, 4.69) is 33.4 Å². The van der Waals surface area contributed by atoms with Crippen LogP contribution in [0.5, 0.6) is 0 Å². The van der Waals surface area contributed by atoms with Gasteiger partial charge in [0.2, 0.25) is 0 Å². The smallest absolute Gasteiger partial charge is 0.251 e. The van der Waals surface area contributed by atoms with Gasteiger partial charge in [-0.2, -0.15) is 0 Å². The number of aromatic nitrogens is 1. The van der Waals surface area contributed by atoms with Crippen molar-refractivity contribution in [1.82, 2.24) is 15.2 Å². The molecule has 154 valence electrons. The summed E-state index contributed by atoms with van der Waals surface area (Å²) in [6.45, 7) is 7.74. The van der Waals surface area contributed by atoms with Crippen molar-refractivity contribution in [3.8, 4) is 0 Å². The van der Waals surface area contributed by atoms with Crippen LogP contribution in [-0.4, -0.2) is 47.1 Å². The van der Waals surface area contributed by atoms with Crippen LogP contribution in [-0.2, 0) is 11.3 Å². The third-order valence-electron chi connectivity index (χ3n) is 6.24. The minimum absolute atomic E-state index is 0.00403. The lowest BCUT2D eigenvalue weighted by molar-refractivity contribution is -0.0764. The van der Waals surface area contributed by atoms with Crippen molar-refractivity contribution in [3.05, 3.63) is 65.0 Å². The highest BCUT2D eigenvalue weighted by Crippen LogP contribution is 2.39. The first-order valence-electron chi connectivity index (χ1n) is 10.7. The zero-order valence-electron chi connectivity index (χ0n) is 17.5. The van der Waals surface area contributed by atoms with E-state index in [1.54, 1.807) is 0 Å². The molecule has 0 saturated carbocycles. The third kappa shape index (κ3) is 5.03. The number of amides is 1. The molecule has 1 amide bonds. The molecule has 2 aliphatic heterocycles. The molecule has 5 heteroatoms. The summed E-state index contributed by atoms with van der Waals surface area (Å²) in [6, 6.07) is 10.1. The summed E-state index contributed by atoms with van der Waals surface area (Å²) in [5.74, 6) is -0.00600. The number of benzene rings is 1. The number of carbonyl (C=O) groups is 1. The maximum absolute atomic E-state index is 12.5. The number of carbonyl (C=O) groups excluding carboxylic acids is 1. The first-order valence-corrected chi connectivity index (χ1v) is 10.7. The Balaban J connectivity index is 1.24. The quantitative estimate of drug-likeness (QED) is 0.843. The van der Waals surface area contributed by atoms with Crippen LogP contribution in [0.4, 0.5) is 0 Å². The molecule has 3 heterocycles. The number of hydrogen-bond donors (Lipinski definition) is 1.